The Morgan fingerprint density at radius 1 is 1.03 bits per heavy atom. The fraction of sp³-hybridized carbons (Fsp3) is 0.136. The second-order valence-corrected chi connectivity index (χ2v) is 6.70. The molecule has 7 heteroatoms. The Labute approximate surface area is 169 Å². The van der Waals surface area contributed by atoms with E-state index < -0.39 is 0 Å². The van der Waals surface area contributed by atoms with Crippen LogP contribution in [-0.4, -0.2) is 30.9 Å². The maximum absolute atomic E-state index is 4.76. The number of benzene rings is 1. The lowest BCUT2D eigenvalue weighted by Gasteiger charge is -2.01. The zero-order valence-corrected chi connectivity index (χ0v) is 16.3. The van der Waals surface area contributed by atoms with Crippen LogP contribution in [0, 0.1) is 13.8 Å². The SMILES string of the molecule is Cc1cc(C)nc(N/N=C\c2cn(Cc3ccccc3)nc2-c2cccnc2)n1. The van der Waals surface area contributed by atoms with E-state index in [0.29, 0.717) is 12.5 Å². The summed E-state index contributed by atoms with van der Waals surface area (Å²) in [6, 6.07) is 16.0. The molecule has 29 heavy (non-hydrogen) atoms. The molecule has 0 radical (unpaired) electrons. The molecule has 4 rings (SSSR count). The number of nitrogens with one attached hydrogen (secondary N) is 1. The van der Waals surface area contributed by atoms with Crippen molar-refractivity contribution in [3.8, 4) is 11.3 Å². The summed E-state index contributed by atoms with van der Waals surface area (Å²) in [5, 5.41) is 9.08. The summed E-state index contributed by atoms with van der Waals surface area (Å²) in [6.07, 6.45) is 7.25. The standard InChI is InChI=1S/C22H21N7/c1-16-11-17(2)26-22(25-16)27-24-13-20-15-29(14-18-7-4-3-5-8-18)28-21(20)19-9-6-10-23-12-19/h3-13,15H,14H2,1-2H3,(H,25,26,27)/b24-13-. The molecule has 0 bridgehead atoms. The molecule has 0 amide bonds. The van der Waals surface area contributed by atoms with E-state index in [9.17, 15) is 0 Å². The topological polar surface area (TPSA) is 80.9 Å². The lowest BCUT2D eigenvalue weighted by Crippen LogP contribution is -2.00. The molecule has 0 aliphatic rings. The van der Waals surface area contributed by atoms with E-state index in [0.717, 1.165) is 28.2 Å². The second-order valence-electron chi connectivity index (χ2n) is 6.70. The highest BCUT2D eigenvalue weighted by atomic mass is 15.3. The Morgan fingerprint density at radius 3 is 2.55 bits per heavy atom. The average molecular weight is 383 g/mol. The molecule has 3 aromatic heterocycles. The largest absolute Gasteiger partial charge is 0.267 e. The van der Waals surface area contributed by atoms with Crippen LogP contribution in [0.4, 0.5) is 5.95 Å². The molecule has 144 valence electrons. The van der Waals surface area contributed by atoms with Crippen LogP contribution in [0.25, 0.3) is 11.3 Å². The molecule has 0 saturated carbocycles. The number of hydrazone groups is 1. The van der Waals surface area contributed by atoms with E-state index in [1.165, 1.54) is 5.56 Å². The van der Waals surface area contributed by atoms with Crippen molar-refractivity contribution >= 4 is 12.2 Å². The van der Waals surface area contributed by atoms with Crippen LogP contribution in [0.15, 0.2) is 72.2 Å². The van der Waals surface area contributed by atoms with Gasteiger partial charge in [-0.1, -0.05) is 30.3 Å². The van der Waals surface area contributed by atoms with Crippen molar-refractivity contribution < 1.29 is 0 Å². The molecule has 0 unspecified atom stereocenters. The number of anilines is 1. The summed E-state index contributed by atoms with van der Waals surface area (Å²) in [5.41, 5.74) is 8.50. The Morgan fingerprint density at radius 2 is 1.83 bits per heavy atom. The summed E-state index contributed by atoms with van der Waals surface area (Å²) in [6.45, 7) is 4.53. The summed E-state index contributed by atoms with van der Waals surface area (Å²) >= 11 is 0. The van der Waals surface area contributed by atoms with Crippen molar-refractivity contribution in [2.24, 2.45) is 5.10 Å². The first kappa shape index (κ1) is 18.5. The van der Waals surface area contributed by atoms with Gasteiger partial charge in [0, 0.05) is 41.1 Å². The zero-order chi connectivity index (χ0) is 20.1. The van der Waals surface area contributed by atoms with E-state index in [4.69, 9.17) is 5.10 Å². The maximum Gasteiger partial charge on any atom is 0.243 e. The number of nitrogens with zero attached hydrogens (tertiary/aromatic N) is 6. The van der Waals surface area contributed by atoms with Gasteiger partial charge >= 0.3 is 0 Å². The van der Waals surface area contributed by atoms with E-state index in [1.54, 1.807) is 18.6 Å². The van der Waals surface area contributed by atoms with Gasteiger partial charge in [0.05, 0.1) is 12.8 Å². The summed E-state index contributed by atoms with van der Waals surface area (Å²) in [5.74, 6) is 0.471. The van der Waals surface area contributed by atoms with Gasteiger partial charge in [-0.3, -0.25) is 9.67 Å². The third-order valence-corrected chi connectivity index (χ3v) is 4.26. The van der Waals surface area contributed by atoms with Gasteiger partial charge in [-0.2, -0.15) is 10.2 Å². The van der Waals surface area contributed by atoms with Crippen molar-refractivity contribution in [1.29, 1.82) is 0 Å². The highest BCUT2D eigenvalue weighted by Crippen LogP contribution is 2.20. The summed E-state index contributed by atoms with van der Waals surface area (Å²) in [7, 11) is 0. The minimum absolute atomic E-state index is 0.471. The van der Waals surface area contributed by atoms with Crippen LogP contribution >= 0.6 is 0 Å². The molecule has 0 spiro atoms. The molecule has 3 heterocycles. The first-order chi connectivity index (χ1) is 14.2. The Bertz CT molecular complexity index is 1100. The van der Waals surface area contributed by atoms with E-state index in [-0.39, 0.29) is 0 Å². The van der Waals surface area contributed by atoms with Crippen LogP contribution < -0.4 is 5.43 Å². The summed E-state index contributed by atoms with van der Waals surface area (Å²) < 4.78 is 1.91. The predicted molar refractivity (Wildman–Crippen MR) is 114 cm³/mol. The third kappa shape index (κ3) is 4.70. The molecule has 4 aromatic rings. The second kappa shape index (κ2) is 8.43. The van der Waals surface area contributed by atoms with Gasteiger partial charge in [-0.15, -0.1) is 0 Å². The van der Waals surface area contributed by atoms with Crippen molar-refractivity contribution in [1.82, 2.24) is 24.7 Å². The molecule has 1 aromatic carbocycles. The van der Waals surface area contributed by atoms with Gasteiger partial charge in [-0.25, -0.2) is 15.4 Å². The van der Waals surface area contributed by atoms with Gasteiger partial charge in [0.15, 0.2) is 0 Å². The predicted octanol–water partition coefficient (Wildman–Crippen LogP) is 3.85. The molecule has 0 aliphatic carbocycles. The van der Waals surface area contributed by atoms with Crippen LogP contribution in [0.3, 0.4) is 0 Å². The zero-order valence-electron chi connectivity index (χ0n) is 16.3. The maximum atomic E-state index is 4.76. The quantitative estimate of drug-likeness (QED) is 0.404. The van der Waals surface area contributed by atoms with Gasteiger partial charge < -0.3 is 0 Å². The molecule has 0 fully saturated rings. The van der Waals surface area contributed by atoms with Crippen molar-refractivity contribution in [3.05, 3.63) is 89.6 Å². The minimum atomic E-state index is 0.471. The summed E-state index contributed by atoms with van der Waals surface area (Å²) in [4.78, 5) is 12.9. The molecular weight excluding hydrogens is 362 g/mol. The fourth-order valence-corrected chi connectivity index (χ4v) is 3.05. The van der Waals surface area contributed by atoms with E-state index in [2.05, 4.69) is 37.6 Å². The number of aryl methyl sites for hydroxylation is 2. The number of hydrogen-bond donors (Lipinski definition) is 1. The monoisotopic (exact) mass is 383 g/mol. The van der Waals surface area contributed by atoms with Gasteiger partial charge in [0.2, 0.25) is 5.95 Å². The van der Waals surface area contributed by atoms with E-state index in [1.807, 2.05) is 61.1 Å². The smallest absolute Gasteiger partial charge is 0.243 e. The van der Waals surface area contributed by atoms with Crippen molar-refractivity contribution in [3.63, 3.8) is 0 Å². The number of rotatable bonds is 6. The number of aromatic nitrogens is 5. The van der Waals surface area contributed by atoms with Gasteiger partial charge in [0.1, 0.15) is 5.69 Å². The Kier molecular flexibility index (Phi) is 5.38. The normalized spacial score (nSPS) is 11.1. The molecule has 7 nitrogen and oxygen atoms in total. The van der Waals surface area contributed by atoms with Crippen LogP contribution in [0.5, 0.6) is 0 Å². The van der Waals surface area contributed by atoms with Crippen LogP contribution in [0.2, 0.25) is 0 Å². The Balaban J connectivity index is 1.61. The molecule has 1 N–H and O–H groups in total. The average Bonchev–Trinajstić information content (AvgIpc) is 3.11. The molecule has 0 saturated heterocycles. The fourth-order valence-electron chi connectivity index (χ4n) is 3.05. The molecule has 0 aliphatic heterocycles. The lowest BCUT2D eigenvalue weighted by atomic mass is 10.1. The van der Waals surface area contributed by atoms with Crippen molar-refractivity contribution in [2.45, 2.75) is 20.4 Å². The molecule has 0 atom stereocenters. The van der Waals surface area contributed by atoms with E-state index >= 15 is 0 Å². The number of pyridine rings is 1. The first-order valence-corrected chi connectivity index (χ1v) is 9.30. The minimum Gasteiger partial charge on any atom is -0.267 e. The van der Waals surface area contributed by atoms with Crippen molar-refractivity contribution in [2.75, 3.05) is 5.43 Å². The van der Waals surface area contributed by atoms with Crippen LogP contribution in [0.1, 0.15) is 22.5 Å². The highest BCUT2D eigenvalue weighted by molar-refractivity contribution is 5.88. The Hall–Kier alpha value is -3.87. The van der Waals surface area contributed by atoms with Gasteiger partial charge in [0.25, 0.3) is 0 Å². The highest BCUT2D eigenvalue weighted by Gasteiger charge is 2.10. The molecular formula is C22H21N7. The van der Waals surface area contributed by atoms with Crippen LogP contribution in [-0.2, 0) is 6.54 Å². The lowest BCUT2D eigenvalue weighted by molar-refractivity contribution is 0.689. The van der Waals surface area contributed by atoms with Gasteiger partial charge in [-0.05, 0) is 37.6 Å². The first-order valence-electron chi connectivity index (χ1n) is 9.30. The third-order valence-electron chi connectivity index (χ3n) is 4.26. The number of hydrogen-bond acceptors (Lipinski definition) is 6.